The molecular formula is C22H26N4O3. The van der Waals surface area contributed by atoms with Crippen LogP contribution >= 0.6 is 0 Å². The summed E-state index contributed by atoms with van der Waals surface area (Å²) in [5.74, 6) is 2.03. The molecule has 1 aliphatic rings. The molecule has 1 amide bonds. The van der Waals surface area contributed by atoms with Crippen LogP contribution in [0.3, 0.4) is 0 Å². The Bertz CT molecular complexity index is 882. The van der Waals surface area contributed by atoms with E-state index in [2.05, 4.69) is 21.4 Å². The topological polar surface area (TPSA) is 97.1 Å². The Kier molecular flexibility index (Phi) is 6.65. The highest BCUT2D eigenvalue weighted by atomic mass is 16.5. The van der Waals surface area contributed by atoms with Crippen molar-refractivity contribution < 1.29 is 14.3 Å². The molecule has 1 saturated carbocycles. The zero-order valence-electron chi connectivity index (χ0n) is 17.0. The van der Waals surface area contributed by atoms with Gasteiger partial charge in [-0.15, -0.1) is 0 Å². The number of carbonyl (C=O) groups excluding carboxylic acids is 1. The van der Waals surface area contributed by atoms with Gasteiger partial charge in [0, 0.05) is 30.4 Å². The second-order valence-electron chi connectivity index (χ2n) is 7.52. The summed E-state index contributed by atoms with van der Waals surface area (Å²) in [7, 11) is 1.54. The van der Waals surface area contributed by atoms with Crippen LogP contribution < -0.4 is 14.8 Å². The first-order chi connectivity index (χ1) is 14.0. The van der Waals surface area contributed by atoms with Crippen LogP contribution in [0.15, 0.2) is 30.6 Å². The van der Waals surface area contributed by atoms with Gasteiger partial charge in [-0.1, -0.05) is 13.8 Å². The number of ether oxygens (including phenoxy) is 2. The van der Waals surface area contributed by atoms with Gasteiger partial charge in [-0.05, 0) is 37.8 Å². The summed E-state index contributed by atoms with van der Waals surface area (Å²) >= 11 is 0. The molecule has 152 valence electrons. The van der Waals surface area contributed by atoms with Crippen LogP contribution in [0.4, 0.5) is 0 Å². The van der Waals surface area contributed by atoms with Crippen LogP contribution in [0.5, 0.6) is 11.5 Å². The van der Waals surface area contributed by atoms with E-state index in [-0.39, 0.29) is 24.0 Å². The maximum atomic E-state index is 12.4. The van der Waals surface area contributed by atoms with Crippen LogP contribution in [0.1, 0.15) is 67.2 Å². The van der Waals surface area contributed by atoms with E-state index >= 15 is 0 Å². The van der Waals surface area contributed by atoms with Crippen LogP contribution in [-0.4, -0.2) is 35.1 Å². The molecule has 1 aromatic heterocycles. The summed E-state index contributed by atoms with van der Waals surface area (Å²) in [4.78, 5) is 20.9. The number of nitriles is 1. The monoisotopic (exact) mass is 394 g/mol. The van der Waals surface area contributed by atoms with E-state index in [9.17, 15) is 4.79 Å². The second kappa shape index (κ2) is 9.37. The molecule has 29 heavy (non-hydrogen) atoms. The number of hydrogen-bond donors (Lipinski definition) is 1. The van der Waals surface area contributed by atoms with E-state index in [1.165, 1.54) is 7.11 Å². The van der Waals surface area contributed by atoms with Crippen LogP contribution in [-0.2, 0) is 0 Å². The summed E-state index contributed by atoms with van der Waals surface area (Å²) in [6.07, 6.45) is 6.62. The Labute approximate surface area is 171 Å². The van der Waals surface area contributed by atoms with E-state index in [1.807, 2.05) is 13.8 Å². The third-order valence-electron chi connectivity index (χ3n) is 5.06. The average molecular weight is 394 g/mol. The number of aromatic nitrogens is 2. The highest BCUT2D eigenvalue weighted by molar-refractivity contribution is 5.93. The summed E-state index contributed by atoms with van der Waals surface area (Å²) < 4.78 is 11.3. The molecule has 1 N–H and O–H groups in total. The van der Waals surface area contributed by atoms with Gasteiger partial charge >= 0.3 is 0 Å². The fourth-order valence-corrected chi connectivity index (χ4v) is 3.38. The van der Waals surface area contributed by atoms with Crippen molar-refractivity contribution in [2.24, 2.45) is 0 Å². The van der Waals surface area contributed by atoms with Gasteiger partial charge in [0.2, 0.25) is 0 Å². The minimum absolute atomic E-state index is 0.0782. The van der Waals surface area contributed by atoms with Crippen molar-refractivity contribution in [2.75, 3.05) is 7.11 Å². The van der Waals surface area contributed by atoms with Gasteiger partial charge in [0.05, 0.1) is 24.3 Å². The van der Waals surface area contributed by atoms with Crippen molar-refractivity contribution in [3.8, 4) is 17.6 Å². The molecule has 7 nitrogen and oxygen atoms in total. The third-order valence-corrected chi connectivity index (χ3v) is 5.06. The number of nitrogens with zero attached hydrogens (tertiary/aromatic N) is 3. The number of rotatable bonds is 6. The summed E-state index contributed by atoms with van der Waals surface area (Å²) in [6, 6.07) is 7.44. The Hall–Kier alpha value is -3.14. The van der Waals surface area contributed by atoms with Crippen molar-refractivity contribution in [3.63, 3.8) is 0 Å². The number of nitrogens with one attached hydrogen (secondary N) is 1. The van der Waals surface area contributed by atoms with Gasteiger partial charge in [0.25, 0.3) is 5.91 Å². The van der Waals surface area contributed by atoms with E-state index in [0.29, 0.717) is 22.6 Å². The van der Waals surface area contributed by atoms with E-state index in [4.69, 9.17) is 14.7 Å². The number of methoxy groups -OCH3 is 1. The van der Waals surface area contributed by atoms with E-state index in [0.717, 1.165) is 31.5 Å². The van der Waals surface area contributed by atoms with Crippen LogP contribution in [0.2, 0.25) is 0 Å². The zero-order chi connectivity index (χ0) is 20.8. The van der Waals surface area contributed by atoms with Crippen molar-refractivity contribution in [1.29, 1.82) is 5.26 Å². The molecule has 7 heteroatoms. The summed E-state index contributed by atoms with van der Waals surface area (Å²) in [6.45, 7) is 4.03. The first-order valence-electron chi connectivity index (χ1n) is 9.87. The molecule has 0 unspecified atom stereocenters. The molecule has 1 aliphatic carbocycles. The number of carbonyl (C=O) groups is 1. The highest BCUT2D eigenvalue weighted by Crippen LogP contribution is 2.28. The summed E-state index contributed by atoms with van der Waals surface area (Å²) in [5, 5.41) is 12.1. The third kappa shape index (κ3) is 5.23. The smallest absolute Gasteiger partial charge is 0.254 e. The lowest BCUT2D eigenvalue weighted by Crippen LogP contribution is -2.39. The number of amides is 1. The van der Waals surface area contributed by atoms with E-state index < -0.39 is 0 Å². The van der Waals surface area contributed by atoms with E-state index in [1.54, 1.807) is 30.6 Å². The van der Waals surface area contributed by atoms with Gasteiger partial charge in [0.15, 0.2) is 0 Å². The number of benzene rings is 1. The first kappa shape index (κ1) is 20.6. The number of hydrogen-bond acceptors (Lipinski definition) is 6. The van der Waals surface area contributed by atoms with Crippen LogP contribution in [0.25, 0.3) is 0 Å². The lowest BCUT2D eigenvalue weighted by Gasteiger charge is -2.29. The normalized spacial score (nSPS) is 18.7. The maximum absolute atomic E-state index is 12.4. The molecule has 1 aromatic carbocycles. The molecule has 0 spiro atoms. The molecule has 0 aliphatic heterocycles. The van der Waals surface area contributed by atoms with Gasteiger partial charge in [-0.2, -0.15) is 5.26 Å². The standard InChI is InChI=1S/C22H26N4O3/c1-14(2)21-24-12-16(13-25-21)22(27)26-17-5-8-18(9-6-17)29-19-7-4-15(11-23)20(10-19)28-3/h4,7,10,12-14,17-18H,5-6,8-9H2,1-3H3,(H,26,27). The van der Waals surface area contributed by atoms with Crippen molar-refractivity contribution in [3.05, 3.63) is 47.5 Å². The first-order valence-corrected chi connectivity index (χ1v) is 9.87. The summed E-state index contributed by atoms with van der Waals surface area (Å²) in [5.41, 5.74) is 0.967. The van der Waals surface area contributed by atoms with Gasteiger partial charge < -0.3 is 14.8 Å². The largest absolute Gasteiger partial charge is 0.495 e. The molecule has 0 saturated heterocycles. The minimum Gasteiger partial charge on any atom is -0.495 e. The van der Waals surface area contributed by atoms with Gasteiger partial charge in [-0.3, -0.25) is 4.79 Å². The average Bonchev–Trinajstić information content (AvgIpc) is 2.75. The minimum atomic E-state index is -0.137. The van der Waals surface area contributed by atoms with Crippen molar-refractivity contribution >= 4 is 5.91 Å². The molecule has 1 fully saturated rings. The van der Waals surface area contributed by atoms with Gasteiger partial charge in [-0.25, -0.2) is 9.97 Å². The Morgan fingerprint density at radius 3 is 2.48 bits per heavy atom. The second-order valence-corrected chi connectivity index (χ2v) is 7.52. The SMILES string of the molecule is COc1cc(OC2CCC(NC(=O)c3cnc(C(C)C)nc3)CC2)ccc1C#N. The zero-order valence-corrected chi connectivity index (χ0v) is 17.0. The van der Waals surface area contributed by atoms with Crippen LogP contribution in [0, 0.1) is 11.3 Å². The fraction of sp³-hybridized carbons (Fsp3) is 0.455. The molecule has 1 heterocycles. The molecule has 3 rings (SSSR count). The quantitative estimate of drug-likeness (QED) is 0.804. The maximum Gasteiger partial charge on any atom is 0.254 e. The lowest BCUT2D eigenvalue weighted by molar-refractivity contribution is 0.0893. The van der Waals surface area contributed by atoms with Gasteiger partial charge in [0.1, 0.15) is 23.4 Å². The highest BCUT2D eigenvalue weighted by Gasteiger charge is 2.24. The Morgan fingerprint density at radius 1 is 1.21 bits per heavy atom. The Morgan fingerprint density at radius 2 is 1.90 bits per heavy atom. The predicted octanol–water partition coefficient (Wildman–Crippen LogP) is 3.60. The molecule has 0 radical (unpaired) electrons. The lowest BCUT2D eigenvalue weighted by atomic mass is 9.92. The molecule has 2 aromatic rings. The molecule has 0 atom stereocenters. The fourth-order valence-electron chi connectivity index (χ4n) is 3.38. The van der Waals surface area contributed by atoms with Crippen molar-refractivity contribution in [2.45, 2.75) is 57.6 Å². The predicted molar refractivity (Wildman–Crippen MR) is 108 cm³/mol. The molecular weight excluding hydrogens is 368 g/mol. The Balaban J connectivity index is 1.50. The van der Waals surface area contributed by atoms with Crippen molar-refractivity contribution in [1.82, 2.24) is 15.3 Å². The molecule has 0 bridgehead atoms.